The summed E-state index contributed by atoms with van der Waals surface area (Å²) in [4.78, 5) is 11.9. The molecule has 0 aliphatic rings. The highest BCUT2D eigenvalue weighted by Gasteiger charge is 2.11. The molecule has 0 saturated carbocycles. The number of ether oxygens (including phenoxy) is 1. The zero-order valence-corrected chi connectivity index (χ0v) is 14.1. The van der Waals surface area contributed by atoms with Gasteiger partial charge in [-0.2, -0.15) is 0 Å². The lowest BCUT2D eigenvalue weighted by Gasteiger charge is -2.15. The molecule has 0 aliphatic heterocycles. The Morgan fingerprint density at radius 2 is 1.83 bits per heavy atom. The molecule has 2 rings (SSSR count). The highest BCUT2D eigenvalue weighted by Crippen LogP contribution is 2.18. The van der Waals surface area contributed by atoms with Crippen molar-refractivity contribution in [2.75, 3.05) is 13.2 Å². The maximum absolute atomic E-state index is 11.9. The first-order valence-electron chi connectivity index (χ1n) is 8.07. The fraction of sp³-hybridized carbons (Fsp3) is 0.316. The van der Waals surface area contributed by atoms with Crippen molar-refractivity contribution in [1.82, 2.24) is 10.6 Å². The molecule has 1 unspecified atom stereocenters. The van der Waals surface area contributed by atoms with Gasteiger partial charge in [0, 0.05) is 18.7 Å². The van der Waals surface area contributed by atoms with Crippen molar-refractivity contribution in [3.63, 3.8) is 0 Å². The van der Waals surface area contributed by atoms with E-state index in [0.29, 0.717) is 13.2 Å². The summed E-state index contributed by atoms with van der Waals surface area (Å²) in [7, 11) is 0. The summed E-state index contributed by atoms with van der Waals surface area (Å²) in [6.07, 6.45) is -0.729. The maximum Gasteiger partial charge on any atom is 0.315 e. The third-order valence-corrected chi connectivity index (χ3v) is 3.72. The number of carbonyl (C=O) groups excluding carboxylic acids is 1. The SMILES string of the molecule is CCOc1ccccc1CNC(=O)NCC(O)c1ccccc1C. The van der Waals surface area contributed by atoms with Gasteiger partial charge in [-0.3, -0.25) is 0 Å². The van der Waals surface area contributed by atoms with Crippen molar-refractivity contribution < 1.29 is 14.6 Å². The molecule has 2 aromatic carbocycles. The van der Waals surface area contributed by atoms with Gasteiger partial charge in [0.25, 0.3) is 0 Å². The van der Waals surface area contributed by atoms with E-state index in [4.69, 9.17) is 4.74 Å². The molecular weight excluding hydrogens is 304 g/mol. The fourth-order valence-electron chi connectivity index (χ4n) is 2.44. The number of amides is 2. The first-order valence-corrected chi connectivity index (χ1v) is 8.07. The van der Waals surface area contributed by atoms with Crippen molar-refractivity contribution in [1.29, 1.82) is 0 Å². The number of rotatable bonds is 7. The highest BCUT2D eigenvalue weighted by atomic mass is 16.5. The first-order chi connectivity index (χ1) is 11.6. The lowest BCUT2D eigenvalue weighted by atomic mass is 10.0. The molecule has 0 fully saturated rings. The molecule has 3 N–H and O–H groups in total. The summed E-state index contributed by atoms with van der Waals surface area (Å²) in [6, 6.07) is 14.8. The first kappa shape index (κ1) is 17.8. The Kier molecular flexibility index (Phi) is 6.63. The number of para-hydroxylation sites is 1. The zero-order chi connectivity index (χ0) is 17.4. The lowest BCUT2D eigenvalue weighted by molar-refractivity contribution is 0.172. The van der Waals surface area contributed by atoms with Crippen LogP contribution in [0.2, 0.25) is 0 Å². The van der Waals surface area contributed by atoms with Gasteiger partial charge >= 0.3 is 6.03 Å². The minimum absolute atomic E-state index is 0.157. The van der Waals surface area contributed by atoms with E-state index in [2.05, 4.69) is 10.6 Å². The fourth-order valence-corrected chi connectivity index (χ4v) is 2.44. The third kappa shape index (κ3) is 4.99. The number of aryl methyl sites for hydroxylation is 1. The molecule has 0 heterocycles. The van der Waals surface area contributed by atoms with Crippen molar-refractivity contribution in [3.8, 4) is 5.75 Å². The van der Waals surface area contributed by atoms with Gasteiger partial charge in [-0.25, -0.2) is 4.79 Å². The molecule has 0 aliphatic carbocycles. The van der Waals surface area contributed by atoms with Crippen LogP contribution in [0.5, 0.6) is 5.75 Å². The number of benzene rings is 2. The number of urea groups is 1. The molecular formula is C19H24N2O3. The smallest absolute Gasteiger partial charge is 0.315 e. The quantitative estimate of drug-likeness (QED) is 0.732. The minimum atomic E-state index is -0.729. The van der Waals surface area contributed by atoms with Crippen LogP contribution in [0.3, 0.4) is 0 Å². The van der Waals surface area contributed by atoms with Crippen LogP contribution in [0, 0.1) is 6.92 Å². The summed E-state index contributed by atoms with van der Waals surface area (Å²) < 4.78 is 5.53. The van der Waals surface area contributed by atoms with E-state index in [1.807, 2.05) is 62.4 Å². The molecule has 128 valence electrons. The van der Waals surface area contributed by atoms with Crippen LogP contribution in [0.4, 0.5) is 4.79 Å². The van der Waals surface area contributed by atoms with Crippen LogP contribution >= 0.6 is 0 Å². The van der Waals surface area contributed by atoms with Crippen molar-refractivity contribution in [2.24, 2.45) is 0 Å². The number of nitrogens with one attached hydrogen (secondary N) is 2. The number of carbonyl (C=O) groups is 1. The molecule has 5 heteroatoms. The highest BCUT2D eigenvalue weighted by molar-refractivity contribution is 5.74. The van der Waals surface area contributed by atoms with Crippen LogP contribution in [0.1, 0.15) is 29.7 Å². The minimum Gasteiger partial charge on any atom is -0.494 e. The van der Waals surface area contributed by atoms with E-state index in [0.717, 1.165) is 22.4 Å². The number of hydrogen-bond acceptors (Lipinski definition) is 3. The van der Waals surface area contributed by atoms with Gasteiger partial charge in [-0.1, -0.05) is 42.5 Å². The monoisotopic (exact) mass is 328 g/mol. The lowest BCUT2D eigenvalue weighted by Crippen LogP contribution is -2.37. The number of aliphatic hydroxyl groups excluding tert-OH is 1. The molecule has 24 heavy (non-hydrogen) atoms. The molecule has 0 spiro atoms. The largest absolute Gasteiger partial charge is 0.494 e. The van der Waals surface area contributed by atoms with Gasteiger partial charge in [0.15, 0.2) is 0 Å². The van der Waals surface area contributed by atoms with Crippen molar-refractivity contribution in [3.05, 3.63) is 65.2 Å². The van der Waals surface area contributed by atoms with E-state index in [-0.39, 0.29) is 12.6 Å². The number of aliphatic hydroxyl groups is 1. The van der Waals surface area contributed by atoms with Gasteiger partial charge in [0.2, 0.25) is 0 Å². The second-order valence-electron chi connectivity index (χ2n) is 5.48. The van der Waals surface area contributed by atoms with Crippen LogP contribution < -0.4 is 15.4 Å². The van der Waals surface area contributed by atoms with Gasteiger partial charge < -0.3 is 20.5 Å². The second kappa shape index (κ2) is 8.93. The summed E-state index contributed by atoms with van der Waals surface area (Å²) in [5.74, 6) is 0.764. The molecule has 2 amide bonds. The van der Waals surface area contributed by atoms with Gasteiger partial charge in [-0.05, 0) is 31.0 Å². The van der Waals surface area contributed by atoms with E-state index in [1.165, 1.54) is 0 Å². The normalized spacial score (nSPS) is 11.6. The summed E-state index contributed by atoms with van der Waals surface area (Å²) in [5, 5.41) is 15.7. The molecule has 0 aromatic heterocycles. The van der Waals surface area contributed by atoms with Crippen molar-refractivity contribution in [2.45, 2.75) is 26.5 Å². The standard InChI is InChI=1S/C19H24N2O3/c1-3-24-18-11-7-5-9-15(18)12-20-19(23)21-13-17(22)16-10-6-4-8-14(16)2/h4-11,17,22H,3,12-13H2,1-2H3,(H2,20,21,23). The summed E-state index contributed by atoms with van der Waals surface area (Å²) in [6.45, 7) is 4.95. The van der Waals surface area contributed by atoms with E-state index in [9.17, 15) is 9.90 Å². The maximum atomic E-state index is 11.9. The molecule has 0 bridgehead atoms. The van der Waals surface area contributed by atoms with Crippen LogP contribution in [0.25, 0.3) is 0 Å². The predicted octanol–water partition coefficient (Wildman–Crippen LogP) is 2.93. The Morgan fingerprint density at radius 1 is 1.12 bits per heavy atom. The van der Waals surface area contributed by atoms with Crippen LogP contribution in [-0.2, 0) is 6.54 Å². The van der Waals surface area contributed by atoms with Gasteiger partial charge in [0.1, 0.15) is 5.75 Å². The van der Waals surface area contributed by atoms with E-state index < -0.39 is 6.10 Å². The summed E-state index contributed by atoms with van der Waals surface area (Å²) >= 11 is 0. The van der Waals surface area contributed by atoms with E-state index in [1.54, 1.807) is 0 Å². The molecule has 1 atom stereocenters. The Labute approximate surface area is 142 Å². The molecule has 0 saturated heterocycles. The van der Waals surface area contributed by atoms with Gasteiger partial charge in [-0.15, -0.1) is 0 Å². The Balaban J connectivity index is 1.83. The predicted molar refractivity (Wildman–Crippen MR) is 94.0 cm³/mol. The molecule has 5 nitrogen and oxygen atoms in total. The Hall–Kier alpha value is -2.53. The molecule has 2 aromatic rings. The van der Waals surface area contributed by atoms with E-state index >= 15 is 0 Å². The average Bonchev–Trinajstić information content (AvgIpc) is 2.59. The Bertz CT molecular complexity index is 673. The van der Waals surface area contributed by atoms with Crippen molar-refractivity contribution >= 4 is 6.03 Å². The van der Waals surface area contributed by atoms with Gasteiger partial charge in [0.05, 0.1) is 12.7 Å². The topological polar surface area (TPSA) is 70.6 Å². The van der Waals surface area contributed by atoms with Crippen LogP contribution in [-0.4, -0.2) is 24.3 Å². The Morgan fingerprint density at radius 3 is 2.58 bits per heavy atom. The number of hydrogen-bond donors (Lipinski definition) is 3. The second-order valence-corrected chi connectivity index (χ2v) is 5.48. The zero-order valence-electron chi connectivity index (χ0n) is 14.1. The van der Waals surface area contributed by atoms with Crippen LogP contribution in [0.15, 0.2) is 48.5 Å². The summed E-state index contributed by atoms with van der Waals surface area (Å²) in [5.41, 5.74) is 2.73. The third-order valence-electron chi connectivity index (χ3n) is 3.72. The molecule has 0 radical (unpaired) electrons. The average molecular weight is 328 g/mol.